The maximum atomic E-state index is 11.5. The van der Waals surface area contributed by atoms with E-state index in [1.54, 1.807) is 11.3 Å². The molecule has 0 bridgehead atoms. The van der Waals surface area contributed by atoms with E-state index in [2.05, 4.69) is 16.3 Å². The van der Waals surface area contributed by atoms with Crippen molar-refractivity contribution in [2.24, 2.45) is 0 Å². The average molecular weight is 273 g/mol. The van der Waals surface area contributed by atoms with Gasteiger partial charge in [0.15, 0.2) is 0 Å². The van der Waals surface area contributed by atoms with Crippen LogP contribution < -0.4 is 5.32 Å². The molecular formula is C12H17ClN2OS. The number of hydrogen-bond acceptors (Lipinski definition) is 3. The molecule has 2 heterocycles. The summed E-state index contributed by atoms with van der Waals surface area (Å²) in [5.41, 5.74) is 0. The lowest BCUT2D eigenvalue weighted by atomic mass is 10.1. The molecule has 0 aliphatic carbocycles. The van der Waals surface area contributed by atoms with Crippen molar-refractivity contribution in [3.8, 4) is 0 Å². The topological polar surface area (TPSA) is 32.3 Å². The lowest BCUT2D eigenvalue weighted by molar-refractivity contribution is -0.128. The summed E-state index contributed by atoms with van der Waals surface area (Å²) in [6.45, 7) is 4.67. The van der Waals surface area contributed by atoms with E-state index in [0.29, 0.717) is 0 Å². The number of carbonyl (C=O) groups excluding carboxylic acids is 1. The molecule has 1 fully saturated rings. The second-order valence-electron chi connectivity index (χ2n) is 4.31. The first kappa shape index (κ1) is 12.9. The molecule has 0 spiro atoms. The van der Waals surface area contributed by atoms with Gasteiger partial charge in [-0.15, -0.1) is 11.3 Å². The third-order valence-electron chi connectivity index (χ3n) is 3.12. The Morgan fingerprint density at radius 3 is 3.12 bits per heavy atom. The number of thiophene rings is 1. The van der Waals surface area contributed by atoms with E-state index in [-0.39, 0.29) is 11.9 Å². The molecule has 1 aliphatic rings. The van der Waals surface area contributed by atoms with Crippen LogP contribution in [0.2, 0.25) is 4.34 Å². The van der Waals surface area contributed by atoms with E-state index in [1.165, 1.54) is 4.88 Å². The number of amides is 1. The molecule has 1 atom stereocenters. The van der Waals surface area contributed by atoms with Crippen molar-refractivity contribution in [2.75, 3.05) is 19.6 Å². The first-order valence-corrected chi connectivity index (χ1v) is 7.12. The van der Waals surface area contributed by atoms with E-state index in [1.807, 2.05) is 13.0 Å². The van der Waals surface area contributed by atoms with Crippen molar-refractivity contribution in [3.63, 3.8) is 0 Å². The van der Waals surface area contributed by atoms with Crippen LogP contribution in [0.25, 0.3) is 0 Å². The Morgan fingerprint density at radius 1 is 1.59 bits per heavy atom. The molecule has 2 rings (SSSR count). The van der Waals surface area contributed by atoms with Crippen molar-refractivity contribution in [3.05, 3.63) is 21.3 Å². The minimum atomic E-state index is 0.00988. The van der Waals surface area contributed by atoms with Gasteiger partial charge in [-0.2, -0.15) is 0 Å². The molecule has 1 aliphatic heterocycles. The van der Waals surface area contributed by atoms with E-state index in [9.17, 15) is 4.79 Å². The van der Waals surface area contributed by atoms with Gasteiger partial charge in [0.25, 0.3) is 0 Å². The molecule has 1 aromatic rings. The second-order valence-corrected chi connectivity index (χ2v) is 6.11. The molecular weight excluding hydrogens is 256 g/mol. The van der Waals surface area contributed by atoms with E-state index in [0.717, 1.165) is 36.8 Å². The summed E-state index contributed by atoms with van der Waals surface area (Å²) in [6.07, 6.45) is 2.12. The van der Waals surface area contributed by atoms with Crippen LogP contribution in [0.5, 0.6) is 0 Å². The lowest BCUT2D eigenvalue weighted by Gasteiger charge is -2.32. The molecule has 1 amide bonds. The maximum absolute atomic E-state index is 11.5. The van der Waals surface area contributed by atoms with Gasteiger partial charge < -0.3 is 5.32 Å². The molecule has 0 radical (unpaired) electrons. The van der Waals surface area contributed by atoms with Crippen LogP contribution in [-0.4, -0.2) is 36.5 Å². The fourth-order valence-corrected chi connectivity index (χ4v) is 3.21. The highest BCUT2D eigenvalue weighted by molar-refractivity contribution is 7.16. The first-order chi connectivity index (χ1) is 8.16. The van der Waals surface area contributed by atoms with Gasteiger partial charge in [-0.05, 0) is 38.4 Å². The number of piperazine rings is 1. The second kappa shape index (κ2) is 5.85. The zero-order valence-corrected chi connectivity index (χ0v) is 11.5. The summed E-state index contributed by atoms with van der Waals surface area (Å²) in [6, 6.07) is 4.04. The average Bonchev–Trinajstić information content (AvgIpc) is 2.70. The third kappa shape index (κ3) is 3.44. The summed E-state index contributed by atoms with van der Waals surface area (Å²) in [5, 5.41) is 2.88. The minimum Gasteiger partial charge on any atom is -0.353 e. The number of halogens is 1. The lowest BCUT2D eigenvalue weighted by Crippen LogP contribution is -2.53. The molecule has 0 aromatic carbocycles. The summed E-state index contributed by atoms with van der Waals surface area (Å²) in [5.74, 6) is 0.149. The van der Waals surface area contributed by atoms with Crippen molar-refractivity contribution < 1.29 is 4.79 Å². The highest BCUT2D eigenvalue weighted by atomic mass is 35.5. The monoisotopic (exact) mass is 272 g/mol. The number of rotatable bonds is 4. The summed E-state index contributed by atoms with van der Waals surface area (Å²) >= 11 is 7.53. The minimum absolute atomic E-state index is 0.00988. The van der Waals surface area contributed by atoms with Gasteiger partial charge in [-0.25, -0.2) is 0 Å². The smallest absolute Gasteiger partial charge is 0.237 e. The molecule has 1 unspecified atom stereocenters. The predicted molar refractivity (Wildman–Crippen MR) is 71.7 cm³/mol. The molecule has 5 heteroatoms. The summed E-state index contributed by atoms with van der Waals surface area (Å²) in [7, 11) is 0. The zero-order valence-electron chi connectivity index (χ0n) is 9.91. The number of aryl methyl sites for hydroxylation is 1. The molecule has 1 saturated heterocycles. The standard InChI is InChI=1S/C12H17ClN2OS/c1-9-12(16)14-6-8-15(9)7-2-3-10-4-5-11(13)17-10/h4-5,9H,2-3,6-8H2,1H3,(H,14,16). The van der Waals surface area contributed by atoms with Gasteiger partial charge in [-0.3, -0.25) is 9.69 Å². The molecule has 3 nitrogen and oxygen atoms in total. The van der Waals surface area contributed by atoms with Gasteiger partial charge in [0.05, 0.1) is 10.4 Å². The molecule has 94 valence electrons. The fraction of sp³-hybridized carbons (Fsp3) is 0.583. The number of carbonyl (C=O) groups is 1. The van der Waals surface area contributed by atoms with Crippen molar-refractivity contribution in [2.45, 2.75) is 25.8 Å². The van der Waals surface area contributed by atoms with Crippen molar-refractivity contribution in [1.29, 1.82) is 0 Å². The van der Waals surface area contributed by atoms with Gasteiger partial charge in [0.2, 0.25) is 5.91 Å². The van der Waals surface area contributed by atoms with Crippen LogP contribution in [0.4, 0.5) is 0 Å². The van der Waals surface area contributed by atoms with Gasteiger partial charge >= 0.3 is 0 Å². The number of nitrogens with zero attached hydrogens (tertiary/aromatic N) is 1. The quantitative estimate of drug-likeness (QED) is 0.911. The molecule has 1 aromatic heterocycles. The molecule has 17 heavy (non-hydrogen) atoms. The summed E-state index contributed by atoms with van der Waals surface area (Å²) in [4.78, 5) is 15.0. The highest BCUT2D eigenvalue weighted by Gasteiger charge is 2.24. The predicted octanol–water partition coefficient (Wildman–Crippen LogP) is 2.15. The van der Waals surface area contributed by atoms with Crippen LogP contribution in [0.1, 0.15) is 18.2 Å². The van der Waals surface area contributed by atoms with E-state index >= 15 is 0 Å². The third-order valence-corrected chi connectivity index (χ3v) is 4.41. The van der Waals surface area contributed by atoms with Crippen LogP contribution in [0, 0.1) is 0 Å². The zero-order chi connectivity index (χ0) is 12.3. The maximum Gasteiger partial charge on any atom is 0.237 e. The van der Waals surface area contributed by atoms with Gasteiger partial charge in [0, 0.05) is 18.0 Å². The Labute approximate surface area is 111 Å². The Morgan fingerprint density at radius 2 is 2.41 bits per heavy atom. The fourth-order valence-electron chi connectivity index (χ4n) is 2.08. The van der Waals surface area contributed by atoms with Gasteiger partial charge in [0.1, 0.15) is 0 Å². The normalized spacial score (nSPS) is 21.5. The van der Waals surface area contributed by atoms with E-state index < -0.39 is 0 Å². The Balaban J connectivity index is 1.76. The Hall–Kier alpha value is -0.580. The van der Waals surface area contributed by atoms with Crippen LogP contribution in [0.3, 0.4) is 0 Å². The number of hydrogen-bond donors (Lipinski definition) is 1. The van der Waals surface area contributed by atoms with Gasteiger partial charge in [-0.1, -0.05) is 11.6 Å². The Bertz CT molecular complexity index is 394. The van der Waals surface area contributed by atoms with E-state index in [4.69, 9.17) is 11.6 Å². The summed E-state index contributed by atoms with van der Waals surface area (Å²) < 4.78 is 0.853. The van der Waals surface area contributed by atoms with Crippen LogP contribution in [-0.2, 0) is 11.2 Å². The largest absolute Gasteiger partial charge is 0.353 e. The van der Waals surface area contributed by atoms with Crippen molar-refractivity contribution >= 4 is 28.8 Å². The first-order valence-electron chi connectivity index (χ1n) is 5.93. The molecule has 0 saturated carbocycles. The van der Waals surface area contributed by atoms with Crippen molar-refractivity contribution in [1.82, 2.24) is 10.2 Å². The van der Waals surface area contributed by atoms with Crippen LogP contribution in [0.15, 0.2) is 12.1 Å². The number of nitrogens with one attached hydrogen (secondary N) is 1. The van der Waals surface area contributed by atoms with Crippen LogP contribution >= 0.6 is 22.9 Å². The Kier molecular flexibility index (Phi) is 4.42. The SMILES string of the molecule is CC1C(=O)NCCN1CCCc1ccc(Cl)s1. The molecule has 1 N–H and O–H groups in total. The highest BCUT2D eigenvalue weighted by Crippen LogP contribution is 2.22.